The quantitative estimate of drug-likeness (QED) is 0.273. The number of anilines is 1. The van der Waals surface area contributed by atoms with Gasteiger partial charge in [0.05, 0.1) is 42.8 Å². The van der Waals surface area contributed by atoms with Gasteiger partial charge in [-0.1, -0.05) is 54.1 Å². The molecule has 1 amide bonds. The normalized spacial score (nSPS) is 16.8. The van der Waals surface area contributed by atoms with Crippen molar-refractivity contribution in [3.05, 3.63) is 94.0 Å². The number of halogens is 1. The Morgan fingerprint density at radius 2 is 1.58 bits per heavy atom. The van der Waals surface area contributed by atoms with E-state index < -0.39 is 29.5 Å². The summed E-state index contributed by atoms with van der Waals surface area (Å²) in [7, 11) is 2.80. The second-order valence-corrected chi connectivity index (χ2v) is 8.41. The molecule has 0 spiro atoms. The van der Waals surface area contributed by atoms with Crippen molar-refractivity contribution in [1.29, 1.82) is 0 Å². The van der Waals surface area contributed by atoms with E-state index in [1.807, 2.05) is 0 Å². The molecule has 1 aliphatic rings. The van der Waals surface area contributed by atoms with Crippen LogP contribution in [-0.4, -0.2) is 42.1 Å². The fourth-order valence-corrected chi connectivity index (χ4v) is 4.42. The number of aliphatic hydroxyl groups excluding tert-OH is 1. The Kier molecular flexibility index (Phi) is 6.98. The molecule has 9 heteroatoms. The zero-order chi connectivity index (χ0) is 26.0. The lowest BCUT2D eigenvalue weighted by Crippen LogP contribution is -2.29. The number of carbonyl (C=O) groups excluding carboxylic acids is 2. The van der Waals surface area contributed by atoms with E-state index in [-0.39, 0.29) is 34.1 Å². The van der Waals surface area contributed by atoms with Gasteiger partial charge in [-0.05, 0) is 29.3 Å². The number of ether oxygens (including phenoxy) is 2. The Balaban J connectivity index is 1.92. The highest BCUT2D eigenvalue weighted by Gasteiger charge is 2.47. The first-order valence-corrected chi connectivity index (χ1v) is 11.2. The molecule has 1 saturated heterocycles. The minimum atomic E-state index is -0.986. The zero-order valence-corrected chi connectivity index (χ0v) is 20.2. The number of nitrogens with zero attached hydrogens (tertiary/aromatic N) is 1. The maximum Gasteiger partial charge on any atom is 0.307 e. The second-order valence-electron chi connectivity index (χ2n) is 8.00. The Morgan fingerprint density at radius 1 is 0.944 bits per heavy atom. The van der Waals surface area contributed by atoms with Gasteiger partial charge in [-0.2, -0.15) is 0 Å². The average Bonchev–Trinajstić information content (AvgIpc) is 3.14. The molecule has 1 unspecified atom stereocenters. The first-order chi connectivity index (χ1) is 17.3. The van der Waals surface area contributed by atoms with Crippen molar-refractivity contribution in [2.45, 2.75) is 12.5 Å². The molecule has 1 aliphatic heterocycles. The van der Waals surface area contributed by atoms with Crippen LogP contribution in [-0.2, 0) is 20.8 Å². The van der Waals surface area contributed by atoms with Crippen molar-refractivity contribution in [2.75, 3.05) is 19.1 Å². The van der Waals surface area contributed by atoms with E-state index in [1.54, 1.807) is 54.6 Å². The molecular formula is C27H22ClNO7. The van der Waals surface area contributed by atoms with Crippen LogP contribution in [0.5, 0.6) is 11.5 Å². The number of carboxylic acids is 1. The first kappa shape index (κ1) is 24.8. The number of hydrogen-bond donors (Lipinski definition) is 2. The highest BCUT2D eigenvalue weighted by Crippen LogP contribution is 2.44. The number of carbonyl (C=O) groups is 3. The maximum absolute atomic E-state index is 13.3. The summed E-state index contributed by atoms with van der Waals surface area (Å²) in [6.45, 7) is 0. The molecule has 1 heterocycles. The van der Waals surface area contributed by atoms with E-state index in [4.69, 9.17) is 26.2 Å². The average molecular weight is 508 g/mol. The third-order valence-electron chi connectivity index (χ3n) is 5.86. The monoisotopic (exact) mass is 507 g/mol. The van der Waals surface area contributed by atoms with Gasteiger partial charge in [-0.15, -0.1) is 0 Å². The van der Waals surface area contributed by atoms with Crippen LogP contribution in [0.2, 0.25) is 5.02 Å². The minimum absolute atomic E-state index is 0.134. The predicted molar refractivity (Wildman–Crippen MR) is 134 cm³/mol. The summed E-state index contributed by atoms with van der Waals surface area (Å²) in [5.41, 5.74) is 1.50. The molecule has 36 heavy (non-hydrogen) atoms. The van der Waals surface area contributed by atoms with Gasteiger partial charge in [0.1, 0.15) is 17.3 Å². The van der Waals surface area contributed by atoms with Gasteiger partial charge in [0, 0.05) is 11.8 Å². The zero-order valence-electron chi connectivity index (χ0n) is 19.4. The maximum atomic E-state index is 13.3. The van der Waals surface area contributed by atoms with E-state index in [2.05, 4.69) is 0 Å². The lowest BCUT2D eigenvalue weighted by atomic mass is 9.94. The molecule has 3 aromatic carbocycles. The smallest absolute Gasteiger partial charge is 0.307 e. The fourth-order valence-electron chi connectivity index (χ4n) is 4.19. The fraction of sp³-hybridized carbons (Fsp3) is 0.148. The molecular weight excluding hydrogens is 486 g/mol. The van der Waals surface area contributed by atoms with Crippen molar-refractivity contribution < 1.29 is 34.1 Å². The summed E-state index contributed by atoms with van der Waals surface area (Å²) in [5.74, 6) is -2.71. The number of ketones is 1. The molecule has 8 nitrogen and oxygen atoms in total. The van der Waals surface area contributed by atoms with Crippen molar-refractivity contribution in [2.24, 2.45) is 0 Å². The summed E-state index contributed by atoms with van der Waals surface area (Å²) in [6.07, 6.45) is -0.181. The van der Waals surface area contributed by atoms with Crippen LogP contribution in [0.1, 0.15) is 22.7 Å². The molecule has 184 valence electrons. The highest BCUT2D eigenvalue weighted by atomic mass is 35.5. The number of aliphatic carboxylic acids is 1. The van der Waals surface area contributed by atoms with Gasteiger partial charge >= 0.3 is 5.97 Å². The van der Waals surface area contributed by atoms with Gasteiger partial charge in [0.25, 0.3) is 11.7 Å². The number of Topliss-reactive ketones (excluding diaryl/α,β-unsaturated/α-hetero) is 1. The molecule has 1 atom stereocenters. The van der Waals surface area contributed by atoms with Crippen LogP contribution >= 0.6 is 11.6 Å². The number of methoxy groups -OCH3 is 2. The van der Waals surface area contributed by atoms with Crippen LogP contribution in [0.3, 0.4) is 0 Å². The van der Waals surface area contributed by atoms with E-state index in [0.717, 1.165) is 0 Å². The summed E-state index contributed by atoms with van der Waals surface area (Å²) >= 11 is 6.20. The molecule has 1 fully saturated rings. The van der Waals surface area contributed by atoms with Gasteiger partial charge in [-0.25, -0.2) is 0 Å². The van der Waals surface area contributed by atoms with Crippen LogP contribution < -0.4 is 14.4 Å². The molecule has 2 N–H and O–H groups in total. The molecule has 0 aliphatic carbocycles. The Hall–Kier alpha value is -4.30. The number of amides is 1. The molecule has 0 radical (unpaired) electrons. The number of rotatable bonds is 7. The van der Waals surface area contributed by atoms with Crippen molar-refractivity contribution >= 4 is 40.7 Å². The van der Waals surface area contributed by atoms with E-state index in [9.17, 15) is 19.5 Å². The van der Waals surface area contributed by atoms with E-state index >= 15 is 0 Å². The summed E-state index contributed by atoms with van der Waals surface area (Å²) < 4.78 is 10.6. The molecule has 0 bridgehead atoms. The van der Waals surface area contributed by atoms with E-state index in [1.165, 1.54) is 31.3 Å². The summed E-state index contributed by atoms with van der Waals surface area (Å²) in [5, 5.41) is 20.7. The SMILES string of the molecule is COc1cc(/C(O)=C2\C(=O)C(=O)N(c3ccc(CC(=O)O)cc3)C2c2ccccc2)c(OC)cc1Cl. The van der Waals surface area contributed by atoms with Crippen molar-refractivity contribution in [3.63, 3.8) is 0 Å². The van der Waals surface area contributed by atoms with Crippen molar-refractivity contribution in [1.82, 2.24) is 0 Å². The predicted octanol–water partition coefficient (Wildman–Crippen LogP) is 4.61. The number of aliphatic hydroxyl groups is 1. The molecule has 0 saturated carbocycles. The summed E-state index contributed by atoms with van der Waals surface area (Å²) in [4.78, 5) is 39.0. The van der Waals surface area contributed by atoms with Crippen LogP contribution in [0, 0.1) is 0 Å². The Morgan fingerprint density at radius 3 is 2.17 bits per heavy atom. The second kappa shape index (κ2) is 10.1. The van der Waals surface area contributed by atoms with Gasteiger partial charge < -0.3 is 19.7 Å². The van der Waals surface area contributed by atoms with Crippen molar-refractivity contribution in [3.8, 4) is 11.5 Å². The van der Waals surface area contributed by atoms with Crippen LogP contribution in [0.25, 0.3) is 5.76 Å². The van der Waals surface area contributed by atoms with Gasteiger partial charge in [-0.3, -0.25) is 19.3 Å². The highest BCUT2D eigenvalue weighted by molar-refractivity contribution is 6.51. The molecule has 4 rings (SSSR count). The number of carboxylic acid groups (broad SMARTS) is 1. The number of hydrogen-bond acceptors (Lipinski definition) is 6. The molecule has 3 aromatic rings. The topological polar surface area (TPSA) is 113 Å². The van der Waals surface area contributed by atoms with E-state index in [0.29, 0.717) is 16.8 Å². The third kappa shape index (κ3) is 4.50. The van der Waals surface area contributed by atoms with Gasteiger partial charge in [0.2, 0.25) is 0 Å². The Bertz CT molecular complexity index is 1370. The minimum Gasteiger partial charge on any atom is -0.507 e. The lowest BCUT2D eigenvalue weighted by molar-refractivity contribution is -0.136. The van der Waals surface area contributed by atoms with Gasteiger partial charge in [0.15, 0.2) is 0 Å². The van der Waals surface area contributed by atoms with Crippen LogP contribution in [0.4, 0.5) is 5.69 Å². The lowest BCUT2D eigenvalue weighted by Gasteiger charge is -2.25. The Labute approximate surface area is 211 Å². The first-order valence-electron chi connectivity index (χ1n) is 10.8. The largest absolute Gasteiger partial charge is 0.507 e. The number of benzene rings is 3. The summed E-state index contributed by atoms with van der Waals surface area (Å²) in [6, 6.07) is 17.1. The standard InChI is InChI=1S/C27H22ClNO7/c1-35-20-14-19(28)21(36-2)13-18(20)25(32)23-24(16-6-4-3-5-7-16)29(27(34)26(23)33)17-10-8-15(9-11-17)12-22(30)31/h3-11,13-14,24,32H,12H2,1-2H3,(H,30,31)/b25-23+. The van der Waals surface area contributed by atoms with Crippen LogP contribution in [0.15, 0.2) is 72.3 Å². The third-order valence-corrected chi connectivity index (χ3v) is 6.15. The molecule has 0 aromatic heterocycles.